The number of methoxy groups -OCH3 is 1. The summed E-state index contributed by atoms with van der Waals surface area (Å²) in [5, 5.41) is 35.6. The molecule has 0 aromatic heterocycles. The van der Waals surface area contributed by atoms with Crippen molar-refractivity contribution in [2.45, 2.75) is 37.8 Å². The molecule has 33 heavy (non-hydrogen) atoms. The Balaban J connectivity index is 1.86. The number of hydrogen-bond acceptors (Lipinski definition) is 7. The molecule has 178 valence electrons. The summed E-state index contributed by atoms with van der Waals surface area (Å²) >= 11 is 2.09. The lowest BCUT2D eigenvalue weighted by atomic mass is 9.89. The van der Waals surface area contributed by atoms with Gasteiger partial charge in [-0.2, -0.15) is 0 Å². The highest BCUT2D eigenvalue weighted by Crippen LogP contribution is 2.36. The molecule has 1 aliphatic rings. The van der Waals surface area contributed by atoms with E-state index in [-0.39, 0.29) is 25.7 Å². The summed E-state index contributed by atoms with van der Waals surface area (Å²) in [6.07, 6.45) is 0.182. The van der Waals surface area contributed by atoms with Crippen LogP contribution in [-0.4, -0.2) is 59.7 Å². The third kappa shape index (κ3) is 6.67. The van der Waals surface area contributed by atoms with E-state index in [2.05, 4.69) is 33.2 Å². The molecule has 1 aliphatic carbocycles. The van der Waals surface area contributed by atoms with Gasteiger partial charge < -0.3 is 35.4 Å². The second-order valence-electron chi connectivity index (χ2n) is 7.69. The summed E-state index contributed by atoms with van der Waals surface area (Å²) in [4.78, 5) is 12.6. The predicted octanol–water partition coefficient (Wildman–Crippen LogP) is 1.50. The molecule has 3 atom stereocenters. The molecule has 1 amide bonds. The fraction of sp³-hybridized carbons (Fsp3) is 0.375. The van der Waals surface area contributed by atoms with Gasteiger partial charge in [-0.25, -0.2) is 0 Å². The van der Waals surface area contributed by atoms with E-state index >= 15 is 0 Å². The summed E-state index contributed by atoms with van der Waals surface area (Å²) in [5.74, 6) is 0.542. The number of ether oxygens (including phenoxy) is 2. The van der Waals surface area contributed by atoms with Crippen LogP contribution in [0.4, 0.5) is 0 Å². The van der Waals surface area contributed by atoms with E-state index in [0.717, 1.165) is 5.56 Å². The van der Waals surface area contributed by atoms with Gasteiger partial charge in [0.2, 0.25) is 5.91 Å². The molecule has 0 saturated heterocycles. The predicted molar refractivity (Wildman–Crippen MR) is 132 cm³/mol. The Morgan fingerprint density at radius 3 is 2.61 bits per heavy atom. The Morgan fingerprint density at radius 1 is 1.18 bits per heavy atom. The zero-order chi connectivity index (χ0) is 23.8. The average Bonchev–Trinajstić information content (AvgIpc) is 2.84. The van der Waals surface area contributed by atoms with E-state index in [1.54, 1.807) is 18.2 Å². The standard InChI is InChI=1S/C24H29IN2O6/c1-32-21-10-16(14-29)9-18(25)23(21)33-20-12-17(24(31)26-7-8-28)11-19(22(20)30)27-13-15-5-3-2-4-6-15/h2-6,9-10,12,19-20,22,27-30H,7-8,11,13-14H2,1H3,(H,26,31)/t19-,20+,22+/m1/s1. The van der Waals surface area contributed by atoms with Gasteiger partial charge in [-0.15, -0.1) is 0 Å². The topological polar surface area (TPSA) is 120 Å². The van der Waals surface area contributed by atoms with Crippen LogP contribution in [-0.2, 0) is 17.9 Å². The molecular weight excluding hydrogens is 539 g/mol. The third-order valence-corrected chi connectivity index (χ3v) is 6.18. The van der Waals surface area contributed by atoms with Crippen molar-refractivity contribution >= 4 is 28.5 Å². The van der Waals surface area contributed by atoms with Crippen LogP contribution in [0.3, 0.4) is 0 Å². The average molecular weight is 568 g/mol. The van der Waals surface area contributed by atoms with Gasteiger partial charge in [-0.1, -0.05) is 30.3 Å². The van der Waals surface area contributed by atoms with Crippen molar-refractivity contribution in [2.75, 3.05) is 20.3 Å². The van der Waals surface area contributed by atoms with Crippen LogP contribution in [0, 0.1) is 3.57 Å². The number of nitrogens with one attached hydrogen (secondary N) is 2. The van der Waals surface area contributed by atoms with E-state index in [9.17, 15) is 15.0 Å². The van der Waals surface area contributed by atoms with Crippen molar-refractivity contribution in [1.29, 1.82) is 0 Å². The maximum Gasteiger partial charge on any atom is 0.247 e. The van der Waals surface area contributed by atoms with Gasteiger partial charge in [0, 0.05) is 24.7 Å². The summed E-state index contributed by atoms with van der Waals surface area (Å²) in [7, 11) is 1.50. The number of carbonyl (C=O) groups excluding carboxylic acids is 1. The van der Waals surface area contributed by atoms with E-state index in [4.69, 9.17) is 14.6 Å². The molecule has 5 N–H and O–H groups in total. The normalized spacial score (nSPS) is 20.2. The van der Waals surface area contributed by atoms with Crippen molar-refractivity contribution in [2.24, 2.45) is 0 Å². The first kappa shape index (κ1) is 25.4. The fourth-order valence-corrected chi connectivity index (χ4v) is 4.45. The van der Waals surface area contributed by atoms with Gasteiger partial charge in [-0.05, 0) is 58.3 Å². The summed E-state index contributed by atoms with van der Waals surface area (Å²) in [6, 6.07) is 12.8. The largest absolute Gasteiger partial charge is 0.493 e. The second-order valence-corrected chi connectivity index (χ2v) is 8.85. The number of amides is 1. The van der Waals surface area contributed by atoms with Gasteiger partial charge in [-0.3, -0.25) is 4.79 Å². The van der Waals surface area contributed by atoms with E-state index in [0.29, 0.717) is 39.2 Å². The summed E-state index contributed by atoms with van der Waals surface area (Å²) in [6.45, 7) is 0.358. The zero-order valence-corrected chi connectivity index (χ0v) is 20.5. The van der Waals surface area contributed by atoms with Crippen molar-refractivity contribution in [3.05, 3.63) is 68.8 Å². The number of aliphatic hydroxyl groups excluding tert-OH is 3. The number of aliphatic hydroxyl groups is 3. The lowest BCUT2D eigenvalue weighted by Gasteiger charge is -2.34. The molecule has 3 rings (SSSR count). The van der Waals surface area contributed by atoms with Crippen LogP contribution in [0.1, 0.15) is 17.5 Å². The molecule has 0 heterocycles. The van der Waals surface area contributed by atoms with E-state index in [1.807, 2.05) is 30.3 Å². The minimum atomic E-state index is -0.930. The number of halogens is 1. The molecule has 0 fully saturated rings. The Kier molecular flexibility index (Phi) is 9.51. The molecule has 9 heteroatoms. The smallest absolute Gasteiger partial charge is 0.247 e. The van der Waals surface area contributed by atoms with Crippen LogP contribution < -0.4 is 20.1 Å². The van der Waals surface area contributed by atoms with Gasteiger partial charge in [0.25, 0.3) is 0 Å². The van der Waals surface area contributed by atoms with E-state index in [1.165, 1.54) is 7.11 Å². The molecule has 8 nitrogen and oxygen atoms in total. The molecule has 0 spiro atoms. The van der Waals surface area contributed by atoms with Gasteiger partial charge in [0.05, 0.1) is 23.9 Å². The fourth-order valence-electron chi connectivity index (χ4n) is 3.66. The van der Waals surface area contributed by atoms with Crippen molar-refractivity contribution in [1.82, 2.24) is 10.6 Å². The van der Waals surface area contributed by atoms with Crippen LogP contribution in [0.25, 0.3) is 0 Å². The highest BCUT2D eigenvalue weighted by atomic mass is 127. The molecule has 0 radical (unpaired) electrons. The maximum atomic E-state index is 12.6. The van der Waals surface area contributed by atoms with E-state index < -0.39 is 18.2 Å². The lowest BCUT2D eigenvalue weighted by molar-refractivity contribution is -0.118. The Hall–Kier alpha value is -2.18. The van der Waals surface area contributed by atoms with Crippen LogP contribution >= 0.6 is 22.6 Å². The van der Waals surface area contributed by atoms with Gasteiger partial charge in [0.15, 0.2) is 11.5 Å². The molecule has 0 aliphatic heterocycles. The van der Waals surface area contributed by atoms with Gasteiger partial charge >= 0.3 is 0 Å². The summed E-state index contributed by atoms with van der Waals surface area (Å²) < 4.78 is 12.3. The zero-order valence-electron chi connectivity index (χ0n) is 18.3. The summed E-state index contributed by atoms with van der Waals surface area (Å²) in [5.41, 5.74) is 2.19. The van der Waals surface area contributed by atoms with Crippen LogP contribution in [0.2, 0.25) is 0 Å². The minimum absolute atomic E-state index is 0.140. The first-order valence-electron chi connectivity index (χ1n) is 10.7. The molecule has 0 bridgehead atoms. The highest BCUT2D eigenvalue weighted by molar-refractivity contribution is 14.1. The quantitative estimate of drug-likeness (QED) is 0.276. The molecular formula is C24H29IN2O6. The van der Waals surface area contributed by atoms with Crippen molar-refractivity contribution < 1.29 is 29.6 Å². The maximum absolute atomic E-state index is 12.6. The lowest BCUT2D eigenvalue weighted by Crippen LogP contribution is -2.51. The number of rotatable bonds is 10. The first-order valence-corrected chi connectivity index (χ1v) is 11.7. The monoisotopic (exact) mass is 568 g/mol. The molecule has 2 aromatic rings. The Morgan fingerprint density at radius 2 is 1.94 bits per heavy atom. The molecule has 0 saturated carbocycles. The van der Waals surface area contributed by atoms with Gasteiger partial charge in [0.1, 0.15) is 12.2 Å². The number of hydrogen-bond donors (Lipinski definition) is 5. The third-order valence-electron chi connectivity index (χ3n) is 5.38. The van der Waals surface area contributed by atoms with Crippen molar-refractivity contribution in [3.63, 3.8) is 0 Å². The number of benzene rings is 2. The van der Waals surface area contributed by atoms with Crippen LogP contribution in [0.5, 0.6) is 11.5 Å². The molecule has 0 unspecified atom stereocenters. The number of carbonyl (C=O) groups is 1. The SMILES string of the molecule is COc1cc(CO)cc(I)c1O[C@H]1C=C(C(=O)NCCO)C[C@@H](NCc2ccccc2)[C@@H]1O. The highest BCUT2D eigenvalue weighted by Gasteiger charge is 2.36. The second kappa shape index (κ2) is 12.3. The minimum Gasteiger partial charge on any atom is -0.493 e. The molecule has 2 aromatic carbocycles. The van der Waals surface area contributed by atoms with Crippen molar-refractivity contribution in [3.8, 4) is 11.5 Å². The first-order chi connectivity index (χ1) is 16.0. The van der Waals surface area contributed by atoms with Crippen LogP contribution in [0.15, 0.2) is 54.1 Å². The Bertz CT molecular complexity index is 969. The Labute approximate surface area is 206 Å².